The van der Waals surface area contributed by atoms with E-state index in [2.05, 4.69) is 8.37 Å². The van der Waals surface area contributed by atoms with Crippen molar-refractivity contribution in [3.05, 3.63) is 18.2 Å². The SMILES string of the molecule is Nc1ccc(OC2(O)COS(=O)(=O)O2)c(N)c1. The molecular weight excluding hydrogens is 252 g/mol. The standard InChI is InChI=1S/C8H10N2O6S/c9-5-1-2-7(6(10)3-5)15-8(11)4-14-17(12,13)16-8/h1-3,11H,4,9-10H2. The number of nitrogens with two attached hydrogens (primary N) is 2. The summed E-state index contributed by atoms with van der Waals surface area (Å²) in [6.45, 7) is -0.681. The predicted molar refractivity (Wildman–Crippen MR) is 56.8 cm³/mol. The molecule has 1 atom stereocenters. The summed E-state index contributed by atoms with van der Waals surface area (Å²) < 4.78 is 35.0. The van der Waals surface area contributed by atoms with E-state index < -0.39 is 23.0 Å². The molecule has 94 valence electrons. The molecule has 1 fully saturated rings. The van der Waals surface area contributed by atoms with Crippen molar-refractivity contribution in [2.75, 3.05) is 18.1 Å². The second kappa shape index (κ2) is 3.74. The molecular formula is C8H10N2O6S. The average Bonchev–Trinajstić information content (AvgIpc) is 2.46. The highest BCUT2D eigenvalue weighted by molar-refractivity contribution is 7.82. The van der Waals surface area contributed by atoms with Crippen LogP contribution in [-0.2, 0) is 18.8 Å². The molecule has 1 aromatic carbocycles. The van der Waals surface area contributed by atoms with Crippen LogP contribution in [0.1, 0.15) is 0 Å². The van der Waals surface area contributed by atoms with Crippen LogP contribution >= 0.6 is 0 Å². The second-order valence-electron chi connectivity index (χ2n) is 3.37. The van der Waals surface area contributed by atoms with Gasteiger partial charge in [0.2, 0.25) is 0 Å². The molecule has 1 saturated heterocycles. The van der Waals surface area contributed by atoms with Crippen LogP contribution in [0.2, 0.25) is 0 Å². The molecule has 1 aliphatic heterocycles. The highest BCUT2D eigenvalue weighted by Gasteiger charge is 2.46. The van der Waals surface area contributed by atoms with Crippen molar-refractivity contribution in [1.82, 2.24) is 0 Å². The van der Waals surface area contributed by atoms with Crippen molar-refractivity contribution in [3.63, 3.8) is 0 Å². The van der Waals surface area contributed by atoms with Crippen LogP contribution in [0.25, 0.3) is 0 Å². The van der Waals surface area contributed by atoms with E-state index in [1.54, 1.807) is 0 Å². The van der Waals surface area contributed by atoms with Crippen LogP contribution in [0.5, 0.6) is 5.75 Å². The Hall–Kier alpha value is -1.55. The topological polar surface area (TPSA) is 134 Å². The third-order valence-corrected chi connectivity index (χ3v) is 2.79. The lowest BCUT2D eigenvalue weighted by Gasteiger charge is -2.20. The van der Waals surface area contributed by atoms with Crippen LogP contribution in [0, 0.1) is 0 Å². The van der Waals surface area contributed by atoms with Crippen LogP contribution in [-0.4, -0.2) is 26.1 Å². The van der Waals surface area contributed by atoms with E-state index in [-0.39, 0.29) is 11.4 Å². The molecule has 17 heavy (non-hydrogen) atoms. The lowest BCUT2D eigenvalue weighted by Crippen LogP contribution is -2.38. The predicted octanol–water partition coefficient (Wildman–Crippen LogP) is -0.833. The van der Waals surface area contributed by atoms with Crippen molar-refractivity contribution < 1.29 is 26.6 Å². The Morgan fingerprint density at radius 3 is 2.65 bits per heavy atom. The first-order chi connectivity index (χ1) is 7.80. The number of ether oxygens (including phenoxy) is 1. The van der Waals surface area contributed by atoms with Gasteiger partial charge in [-0.2, -0.15) is 12.6 Å². The van der Waals surface area contributed by atoms with Crippen molar-refractivity contribution >= 4 is 21.8 Å². The summed E-state index contributed by atoms with van der Waals surface area (Å²) in [6, 6.07) is 4.24. The maximum Gasteiger partial charge on any atom is 0.405 e. The van der Waals surface area contributed by atoms with Gasteiger partial charge in [0.25, 0.3) is 0 Å². The third-order valence-electron chi connectivity index (χ3n) is 1.92. The van der Waals surface area contributed by atoms with Gasteiger partial charge in [0.1, 0.15) is 5.75 Å². The molecule has 8 nitrogen and oxygen atoms in total. The fourth-order valence-corrected chi connectivity index (χ4v) is 1.97. The number of hydrogen-bond donors (Lipinski definition) is 3. The zero-order valence-corrected chi connectivity index (χ0v) is 9.31. The summed E-state index contributed by atoms with van der Waals surface area (Å²) >= 11 is 0. The molecule has 0 aliphatic carbocycles. The Morgan fingerprint density at radius 2 is 2.12 bits per heavy atom. The Morgan fingerprint density at radius 1 is 1.41 bits per heavy atom. The Labute approximate surface area is 97.0 Å². The van der Waals surface area contributed by atoms with E-state index >= 15 is 0 Å². The van der Waals surface area contributed by atoms with E-state index in [1.165, 1.54) is 18.2 Å². The van der Waals surface area contributed by atoms with Gasteiger partial charge in [-0.3, -0.25) is 0 Å². The maximum atomic E-state index is 10.8. The van der Waals surface area contributed by atoms with Crippen molar-refractivity contribution in [2.24, 2.45) is 0 Å². The van der Waals surface area contributed by atoms with Crippen molar-refractivity contribution in [3.8, 4) is 5.75 Å². The quantitative estimate of drug-likeness (QED) is 0.464. The summed E-state index contributed by atoms with van der Waals surface area (Å²) in [5.74, 6) is -2.38. The number of nitrogen functional groups attached to an aromatic ring is 2. The molecule has 0 amide bonds. The largest absolute Gasteiger partial charge is 0.434 e. The minimum Gasteiger partial charge on any atom is -0.434 e. The van der Waals surface area contributed by atoms with Gasteiger partial charge < -0.3 is 21.3 Å². The Bertz CT molecular complexity index is 545. The van der Waals surface area contributed by atoms with Gasteiger partial charge in [0.15, 0.2) is 6.61 Å². The lowest BCUT2D eigenvalue weighted by molar-refractivity contribution is -0.259. The summed E-state index contributed by atoms with van der Waals surface area (Å²) in [7, 11) is -4.24. The van der Waals surface area contributed by atoms with Crippen molar-refractivity contribution in [1.29, 1.82) is 0 Å². The lowest BCUT2D eigenvalue weighted by atomic mass is 10.2. The highest BCUT2D eigenvalue weighted by atomic mass is 32.3. The number of rotatable bonds is 2. The van der Waals surface area contributed by atoms with E-state index in [1.807, 2.05) is 0 Å². The summed E-state index contributed by atoms with van der Waals surface area (Å²) in [6.07, 6.45) is 0. The number of benzene rings is 1. The molecule has 0 bridgehead atoms. The molecule has 5 N–H and O–H groups in total. The van der Waals surface area contributed by atoms with Crippen LogP contribution in [0.3, 0.4) is 0 Å². The van der Waals surface area contributed by atoms with Gasteiger partial charge in [-0.25, -0.2) is 4.18 Å². The summed E-state index contributed by atoms with van der Waals surface area (Å²) in [4.78, 5) is 0. The first kappa shape index (κ1) is 11.9. The van der Waals surface area contributed by atoms with Crippen LogP contribution in [0.4, 0.5) is 11.4 Å². The van der Waals surface area contributed by atoms with Crippen LogP contribution in [0.15, 0.2) is 18.2 Å². The Kier molecular flexibility index (Phi) is 2.62. The minimum atomic E-state index is -4.24. The molecule has 1 heterocycles. The zero-order chi connectivity index (χ0) is 12.7. The molecule has 1 aliphatic rings. The first-order valence-electron chi connectivity index (χ1n) is 4.46. The van der Waals surface area contributed by atoms with E-state index in [0.29, 0.717) is 5.69 Å². The van der Waals surface area contributed by atoms with Gasteiger partial charge in [-0.05, 0) is 18.2 Å². The van der Waals surface area contributed by atoms with Gasteiger partial charge in [-0.15, -0.1) is 0 Å². The highest BCUT2D eigenvalue weighted by Crippen LogP contribution is 2.30. The molecule has 1 unspecified atom stereocenters. The smallest absolute Gasteiger partial charge is 0.405 e. The average molecular weight is 262 g/mol. The molecule has 0 spiro atoms. The monoisotopic (exact) mass is 262 g/mol. The van der Waals surface area contributed by atoms with Gasteiger partial charge in [0.05, 0.1) is 5.69 Å². The number of aliphatic hydroxyl groups is 1. The molecule has 0 radical (unpaired) electrons. The van der Waals surface area contributed by atoms with Crippen LogP contribution < -0.4 is 16.2 Å². The fraction of sp³-hybridized carbons (Fsp3) is 0.250. The summed E-state index contributed by atoms with van der Waals surface area (Å²) in [5.41, 5.74) is 11.6. The fourth-order valence-electron chi connectivity index (χ4n) is 1.23. The molecule has 2 rings (SSSR count). The van der Waals surface area contributed by atoms with E-state index in [9.17, 15) is 13.5 Å². The number of hydrogen-bond acceptors (Lipinski definition) is 8. The summed E-state index contributed by atoms with van der Waals surface area (Å²) in [5, 5.41) is 9.64. The molecule has 0 aromatic heterocycles. The third kappa shape index (κ3) is 2.58. The maximum absolute atomic E-state index is 10.8. The van der Waals surface area contributed by atoms with E-state index in [4.69, 9.17) is 16.2 Å². The first-order valence-corrected chi connectivity index (χ1v) is 5.79. The van der Waals surface area contributed by atoms with E-state index in [0.717, 1.165) is 0 Å². The molecule has 0 saturated carbocycles. The normalized spacial score (nSPS) is 26.9. The Balaban J connectivity index is 2.22. The zero-order valence-electron chi connectivity index (χ0n) is 8.49. The second-order valence-corrected chi connectivity index (χ2v) is 4.58. The van der Waals surface area contributed by atoms with Crippen molar-refractivity contribution in [2.45, 2.75) is 5.97 Å². The van der Waals surface area contributed by atoms with Gasteiger partial charge in [0, 0.05) is 5.69 Å². The van der Waals surface area contributed by atoms with Gasteiger partial charge >= 0.3 is 16.4 Å². The number of anilines is 2. The minimum absolute atomic E-state index is 0.0300. The van der Waals surface area contributed by atoms with Gasteiger partial charge in [-0.1, -0.05) is 0 Å². The molecule has 1 aromatic rings. The molecule has 9 heteroatoms.